The summed E-state index contributed by atoms with van der Waals surface area (Å²) in [4.78, 5) is 0. The molecule has 1 atom stereocenters. The molecule has 0 saturated carbocycles. The Labute approximate surface area is 114 Å². The van der Waals surface area contributed by atoms with Crippen molar-refractivity contribution in [3.8, 4) is 0 Å². The molecule has 0 saturated heterocycles. The number of nitrogens with two attached hydrogens (primary N) is 1. The first-order chi connectivity index (χ1) is 8.56. The van der Waals surface area contributed by atoms with E-state index in [0.29, 0.717) is 11.6 Å². The van der Waals surface area contributed by atoms with Crippen LogP contribution < -0.4 is 11.3 Å². The van der Waals surface area contributed by atoms with Crippen LogP contribution in [0.1, 0.15) is 45.3 Å². The minimum Gasteiger partial charge on any atom is -0.373 e. The molecule has 1 aromatic heterocycles. The highest BCUT2D eigenvalue weighted by Gasteiger charge is 2.39. The lowest BCUT2D eigenvalue weighted by molar-refractivity contribution is -0.0750. The normalized spacial score (nSPS) is 13.9. The van der Waals surface area contributed by atoms with Gasteiger partial charge in [-0.3, -0.25) is 10.5 Å². The molecule has 6 heteroatoms. The Balaban J connectivity index is 3.21. The molecule has 1 heterocycles. The van der Waals surface area contributed by atoms with Crippen LogP contribution in [0.4, 0.5) is 0 Å². The monoisotopic (exact) mass is 274 g/mol. The first-order valence-electron chi connectivity index (χ1n) is 6.33. The highest BCUT2D eigenvalue weighted by Crippen LogP contribution is 2.37. The Morgan fingerprint density at radius 2 is 2.11 bits per heavy atom. The van der Waals surface area contributed by atoms with Crippen molar-refractivity contribution < 1.29 is 4.74 Å². The van der Waals surface area contributed by atoms with Crippen molar-refractivity contribution >= 4 is 11.6 Å². The highest BCUT2D eigenvalue weighted by atomic mass is 35.5. The molecule has 0 spiro atoms. The molecule has 0 radical (unpaired) electrons. The molecule has 0 fully saturated rings. The summed E-state index contributed by atoms with van der Waals surface area (Å²) in [5, 5.41) is 4.76. The molecular formula is C12H23ClN4O. The molecule has 0 amide bonds. The lowest BCUT2D eigenvalue weighted by atomic mass is 9.86. The standard InChI is InChI=1S/C12H23ClN4O/c1-5-12(6-2,18-7-3)11(16-14)10-9(13)8-15-17(10)4/h8,11,16H,5-7,14H2,1-4H3. The average molecular weight is 275 g/mol. The van der Waals surface area contributed by atoms with E-state index in [1.165, 1.54) is 0 Å². The smallest absolute Gasteiger partial charge is 0.0933 e. The van der Waals surface area contributed by atoms with Gasteiger partial charge < -0.3 is 4.74 Å². The van der Waals surface area contributed by atoms with E-state index in [2.05, 4.69) is 24.4 Å². The zero-order valence-corrected chi connectivity index (χ0v) is 12.3. The van der Waals surface area contributed by atoms with Gasteiger partial charge in [-0.05, 0) is 19.8 Å². The van der Waals surface area contributed by atoms with Crippen LogP contribution in [0.2, 0.25) is 5.02 Å². The van der Waals surface area contributed by atoms with Gasteiger partial charge in [0.1, 0.15) is 0 Å². The Bertz CT molecular complexity index is 357. The molecule has 1 aromatic rings. The van der Waals surface area contributed by atoms with Gasteiger partial charge in [0, 0.05) is 13.7 Å². The van der Waals surface area contributed by atoms with Crippen molar-refractivity contribution in [3.63, 3.8) is 0 Å². The Morgan fingerprint density at radius 1 is 1.50 bits per heavy atom. The third-order valence-electron chi connectivity index (χ3n) is 3.53. The summed E-state index contributed by atoms with van der Waals surface area (Å²) in [5.74, 6) is 5.74. The molecule has 3 N–H and O–H groups in total. The van der Waals surface area contributed by atoms with Gasteiger partial charge in [0.05, 0.1) is 28.6 Å². The van der Waals surface area contributed by atoms with Crippen molar-refractivity contribution in [2.24, 2.45) is 12.9 Å². The van der Waals surface area contributed by atoms with Crippen LogP contribution in [0.3, 0.4) is 0 Å². The van der Waals surface area contributed by atoms with Crippen molar-refractivity contribution in [1.82, 2.24) is 15.2 Å². The van der Waals surface area contributed by atoms with Crippen LogP contribution in [0, 0.1) is 0 Å². The molecule has 1 unspecified atom stereocenters. The molecule has 0 aliphatic rings. The van der Waals surface area contributed by atoms with Gasteiger partial charge in [0.2, 0.25) is 0 Å². The maximum absolute atomic E-state index is 6.20. The number of nitrogens with one attached hydrogen (secondary N) is 1. The van der Waals surface area contributed by atoms with Crippen LogP contribution in [-0.2, 0) is 11.8 Å². The van der Waals surface area contributed by atoms with Gasteiger partial charge in [-0.1, -0.05) is 25.4 Å². The third kappa shape index (κ3) is 2.69. The van der Waals surface area contributed by atoms with E-state index < -0.39 is 0 Å². The zero-order chi connectivity index (χ0) is 13.8. The van der Waals surface area contributed by atoms with Crippen LogP contribution in [0.25, 0.3) is 0 Å². The summed E-state index contributed by atoms with van der Waals surface area (Å²) in [6.45, 7) is 6.80. The zero-order valence-electron chi connectivity index (χ0n) is 11.5. The third-order valence-corrected chi connectivity index (χ3v) is 3.82. The van der Waals surface area contributed by atoms with E-state index in [1.807, 2.05) is 14.0 Å². The summed E-state index contributed by atoms with van der Waals surface area (Å²) in [6, 6.07) is -0.188. The Kier molecular flexibility index (Phi) is 5.59. The summed E-state index contributed by atoms with van der Waals surface area (Å²) in [6.07, 6.45) is 3.31. The number of rotatable bonds is 7. The van der Waals surface area contributed by atoms with E-state index in [4.69, 9.17) is 22.2 Å². The second kappa shape index (κ2) is 6.52. The quantitative estimate of drug-likeness (QED) is 0.591. The fourth-order valence-electron chi connectivity index (χ4n) is 2.46. The molecule has 0 aliphatic carbocycles. The molecule has 5 nitrogen and oxygen atoms in total. The molecule has 104 valence electrons. The maximum Gasteiger partial charge on any atom is 0.0933 e. The minimum absolute atomic E-state index is 0.188. The second-order valence-electron chi connectivity index (χ2n) is 4.31. The first kappa shape index (κ1) is 15.4. The second-order valence-corrected chi connectivity index (χ2v) is 4.71. The van der Waals surface area contributed by atoms with Gasteiger partial charge in [-0.15, -0.1) is 0 Å². The van der Waals surface area contributed by atoms with Gasteiger partial charge in [0.15, 0.2) is 0 Å². The van der Waals surface area contributed by atoms with E-state index >= 15 is 0 Å². The number of aromatic nitrogens is 2. The molecule has 0 aliphatic heterocycles. The van der Waals surface area contributed by atoms with Crippen LogP contribution in [-0.4, -0.2) is 22.0 Å². The molecular weight excluding hydrogens is 252 g/mol. The summed E-state index contributed by atoms with van der Waals surface area (Å²) < 4.78 is 7.71. The van der Waals surface area contributed by atoms with Crippen LogP contribution in [0.15, 0.2) is 6.20 Å². The highest BCUT2D eigenvalue weighted by molar-refractivity contribution is 6.31. The van der Waals surface area contributed by atoms with E-state index in [9.17, 15) is 0 Å². The number of aryl methyl sites for hydroxylation is 1. The predicted molar refractivity (Wildman–Crippen MR) is 73.2 cm³/mol. The van der Waals surface area contributed by atoms with Crippen LogP contribution >= 0.6 is 11.6 Å². The number of hydrazine groups is 1. The number of hydrogen-bond acceptors (Lipinski definition) is 4. The van der Waals surface area contributed by atoms with Crippen molar-refractivity contribution in [2.45, 2.75) is 45.3 Å². The number of ether oxygens (including phenoxy) is 1. The van der Waals surface area contributed by atoms with E-state index in [0.717, 1.165) is 18.5 Å². The summed E-state index contributed by atoms with van der Waals surface area (Å²) >= 11 is 6.20. The van der Waals surface area contributed by atoms with Crippen molar-refractivity contribution in [1.29, 1.82) is 0 Å². The predicted octanol–water partition coefficient (Wildman–Crippen LogP) is 2.17. The molecule has 18 heavy (non-hydrogen) atoms. The fraction of sp³-hybridized carbons (Fsp3) is 0.750. The lowest BCUT2D eigenvalue weighted by Crippen LogP contribution is -2.48. The van der Waals surface area contributed by atoms with Crippen molar-refractivity contribution in [2.75, 3.05) is 6.61 Å². The van der Waals surface area contributed by atoms with Gasteiger partial charge in [0.25, 0.3) is 0 Å². The van der Waals surface area contributed by atoms with Crippen molar-refractivity contribution in [3.05, 3.63) is 16.9 Å². The van der Waals surface area contributed by atoms with E-state index in [1.54, 1.807) is 10.9 Å². The van der Waals surface area contributed by atoms with Gasteiger partial charge in [-0.25, -0.2) is 5.43 Å². The Morgan fingerprint density at radius 3 is 2.44 bits per heavy atom. The minimum atomic E-state index is -0.374. The average Bonchev–Trinajstić information content (AvgIpc) is 2.70. The first-order valence-corrected chi connectivity index (χ1v) is 6.71. The van der Waals surface area contributed by atoms with Crippen LogP contribution in [0.5, 0.6) is 0 Å². The van der Waals surface area contributed by atoms with Gasteiger partial charge in [-0.2, -0.15) is 5.10 Å². The maximum atomic E-state index is 6.20. The van der Waals surface area contributed by atoms with E-state index in [-0.39, 0.29) is 11.6 Å². The molecule has 0 aromatic carbocycles. The number of hydrogen-bond donors (Lipinski definition) is 2. The largest absolute Gasteiger partial charge is 0.373 e. The van der Waals surface area contributed by atoms with Gasteiger partial charge >= 0.3 is 0 Å². The number of nitrogens with zero attached hydrogens (tertiary/aromatic N) is 2. The number of halogens is 1. The topological polar surface area (TPSA) is 65.1 Å². The molecule has 1 rings (SSSR count). The fourth-order valence-corrected chi connectivity index (χ4v) is 2.73. The Hall–Kier alpha value is -0.620. The lowest BCUT2D eigenvalue weighted by Gasteiger charge is -2.39. The SMILES string of the molecule is CCOC(CC)(CC)C(NN)c1c(Cl)cnn1C. The summed E-state index contributed by atoms with van der Waals surface area (Å²) in [5.41, 5.74) is 3.33. The molecule has 0 bridgehead atoms. The summed E-state index contributed by atoms with van der Waals surface area (Å²) in [7, 11) is 1.85.